The van der Waals surface area contributed by atoms with Crippen LogP contribution in [-0.2, 0) is 11.3 Å². The summed E-state index contributed by atoms with van der Waals surface area (Å²) in [6, 6.07) is 13.5. The zero-order valence-corrected chi connectivity index (χ0v) is 16.3. The fourth-order valence-electron chi connectivity index (χ4n) is 2.68. The number of ether oxygens (including phenoxy) is 2. The number of methoxy groups -OCH3 is 1. The van der Waals surface area contributed by atoms with Crippen LogP contribution in [0.4, 0.5) is 0 Å². The minimum atomic E-state index is -0.0473. The van der Waals surface area contributed by atoms with Crippen molar-refractivity contribution in [2.75, 3.05) is 20.3 Å². The lowest BCUT2D eigenvalue weighted by molar-refractivity contribution is 0.0920. The first-order valence-electron chi connectivity index (χ1n) is 8.80. The molecule has 3 aromatic rings. The third-order valence-corrected chi connectivity index (χ3v) is 5.17. The van der Waals surface area contributed by atoms with E-state index in [0.29, 0.717) is 19.8 Å². The van der Waals surface area contributed by atoms with Gasteiger partial charge in [0.15, 0.2) is 0 Å². The summed E-state index contributed by atoms with van der Waals surface area (Å²) in [4.78, 5) is 14.2. The van der Waals surface area contributed by atoms with E-state index in [1.807, 2.05) is 49.4 Å². The molecule has 0 unspecified atom stereocenters. The van der Waals surface area contributed by atoms with Crippen LogP contribution in [0.1, 0.15) is 26.7 Å². The Hall–Kier alpha value is -2.57. The second kappa shape index (κ2) is 9.39. The number of hydrogen-bond donors (Lipinski definition) is 1. The number of amides is 1. The molecule has 0 fully saturated rings. The Balaban J connectivity index is 1.47. The highest BCUT2D eigenvalue weighted by Crippen LogP contribution is 2.31. The summed E-state index contributed by atoms with van der Waals surface area (Å²) < 4.78 is 15.9. The van der Waals surface area contributed by atoms with Crippen molar-refractivity contribution in [2.45, 2.75) is 20.0 Å². The fourth-order valence-corrected chi connectivity index (χ4v) is 3.64. The van der Waals surface area contributed by atoms with Gasteiger partial charge in [-0.3, -0.25) is 4.79 Å². The normalized spacial score (nSPS) is 10.7. The van der Waals surface area contributed by atoms with E-state index in [9.17, 15) is 4.79 Å². The highest BCUT2D eigenvalue weighted by atomic mass is 32.1. The molecule has 5 nitrogen and oxygen atoms in total. The van der Waals surface area contributed by atoms with E-state index in [-0.39, 0.29) is 5.91 Å². The first kappa shape index (κ1) is 19.2. The van der Waals surface area contributed by atoms with Gasteiger partial charge in [-0.1, -0.05) is 12.1 Å². The van der Waals surface area contributed by atoms with Crippen molar-refractivity contribution < 1.29 is 18.7 Å². The van der Waals surface area contributed by atoms with Crippen molar-refractivity contribution >= 4 is 17.2 Å². The van der Waals surface area contributed by atoms with Crippen molar-refractivity contribution in [1.82, 2.24) is 5.32 Å². The van der Waals surface area contributed by atoms with Gasteiger partial charge in [0.25, 0.3) is 5.91 Å². The molecule has 0 spiro atoms. The molecule has 142 valence electrons. The number of hydrogen-bond acceptors (Lipinski definition) is 5. The summed E-state index contributed by atoms with van der Waals surface area (Å²) in [5.41, 5.74) is 2.16. The number of carbonyl (C=O) groups excluding carboxylic acids is 1. The number of rotatable bonds is 9. The second-order valence-corrected chi connectivity index (χ2v) is 7.31. The molecular formula is C21H23NO4S. The number of nitrogens with one attached hydrogen (secondary N) is 1. The van der Waals surface area contributed by atoms with Gasteiger partial charge in [-0.05, 0) is 54.8 Å². The zero-order chi connectivity index (χ0) is 19.1. The molecule has 6 heteroatoms. The maximum Gasteiger partial charge on any atom is 0.261 e. The van der Waals surface area contributed by atoms with E-state index < -0.39 is 0 Å². The van der Waals surface area contributed by atoms with Crippen LogP contribution in [0.3, 0.4) is 0 Å². The smallest absolute Gasteiger partial charge is 0.261 e. The standard InChI is InChI=1S/C21H23NO4S/c1-15-19(16-6-8-17(24-2)9-7-16)13-20(27-15)21(23)22-10-4-11-25-14-18-5-3-12-26-18/h3,5-9,12-13H,4,10-11,14H2,1-2H3,(H,22,23). The van der Waals surface area contributed by atoms with Gasteiger partial charge in [0, 0.05) is 18.0 Å². The average molecular weight is 385 g/mol. The second-order valence-electron chi connectivity index (χ2n) is 6.05. The van der Waals surface area contributed by atoms with Gasteiger partial charge in [0.05, 0.1) is 18.3 Å². The number of furan rings is 1. The van der Waals surface area contributed by atoms with Crippen LogP contribution in [0.15, 0.2) is 53.1 Å². The molecule has 0 aliphatic rings. The van der Waals surface area contributed by atoms with Crippen LogP contribution in [0, 0.1) is 6.92 Å². The lowest BCUT2D eigenvalue weighted by Crippen LogP contribution is -2.24. The third kappa shape index (κ3) is 5.21. The van der Waals surface area contributed by atoms with Crippen molar-refractivity contribution in [3.63, 3.8) is 0 Å². The predicted molar refractivity (Wildman–Crippen MR) is 106 cm³/mol. The molecule has 0 aliphatic heterocycles. The van der Waals surface area contributed by atoms with Gasteiger partial charge in [-0.15, -0.1) is 11.3 Å². The maximum atomic E-state index is 12.4. The van der Waals surface area contributed by atoms with E-state index >= 15 is 0 Å². The van der Waals surface area contributed by atoms with Crippen LogP contribution >= 0.6 is 11.3 Å². The van der Waals surface area contributed by atoms with Crippen LogP contribution < -0.4 is 10.1 Å². The summed E-state index contributed by atoms with van der Waals surface area (Å²) >= 11 is 1.51. The fraction of sp³-hybridized carbons (Fsp3) is 0.286. The molecule has 0 radical (unpaired) electrons. The van der Waals surface area contributed by atoms with Gasteiger partial charge in [-0.2, -0.15) is 0 Å². The summed E-state index contributed by atoms with van der Waals surface area (Å²) in [6.45, 7) is 3.63. The number of benzene rings is 1. The first-order chi connectivity index (χ1) is 13.2. The van der Waals surface area contributed by atoms with Crippen molar-refractivity contribution in [1.29, 1.82) is 0 Å². The molecule has 2 aromatic heterocycles. The van der Waals surface area contributed by atoms with Crippen molar-refractivity contribution in [3.8, 4) is 16.9 Å². The lowest BCUT2D eigenvalue weighted by atomic mass is 10.1. The molecular weight excluding hydrogens is 362 g/mol. The Morgan fingerprint density at radius 3 is 2.74 bits per heavy atom. The third-order valence-electron chi connectivity index (χ3n) is 4.12. The van der Waals surface area contributed by atoms with E-state index in [4.69, 9.17) is 13.9 Å². The molecule has 1 amide bonds. The first-order valence-corrected chi connectivity index (χ1v) is 9.62. The predicted octanol–water partition coefficient (Wildman–Crippen LogP) is 4.66. The van der Waals surface area contributed by atoms with E-state index in [2.05, 4.69) is 5.32 Å². The molecule has 1 aromatic carbocycles. The van der Waals surface area contributed by atoms with Gasteiger partial charge in [-0.25, -0.2) is 0 Å². The van der Waals surface area contributed by atoms with Gasteiger partial charge >= 0.3 is 0 Å². The Morgan fingerprint density at radius 2 is 2.04 bits per heavy atom. The van der Waals surface area contributed by atoms with Crippen LogP contribution in [0.25, 0.3) is 11.1 Å². The minimum absolute atomic E-state index is 0.0473. The van der Waals surface area contributed by atoms with E-state index in [1.165, 1.54) is 11.3 Å². The summed E-state index contributed by atoms with van der Waals surface area (Å²) in [5, 5.41) is 2.95. The van der Waals surface area contributed by atoms with Gasteiger partial charge in [0.1, 0.15) is 18.1 Å². The topological polar surface area (TPSA) is 60.7 Å². The number of carbonyl (C=O) groups is 1. The largest absolute Gasteiger partial charge is 0.497 e. The van der Waals surface area contributed by atoms with E-state index in [1.54, 1.807) is 13.4 Å². The zero-order valence-electron chi connectivity index (χ0n) is 15.5. The Morgan fingerprint density at radius 1 is 1.22 bits per heavy atom. The number of aryl methyl sites for hydroxylation is 1. The summed E-state index contributed by atoms with van der Waals surface area (Å²) in [6.07, 6.45) is 2.38. The quantitative estimate of drug-likeness (QED) is 0.544. The highest BCUT2D eigenvalue weighted by Gasteiger charge is 2.13. The Labute approximate surface area is 162 Å². The van der Waals surface area contributed by atoms with Gasteiger partial charge < -0.3 is 19.2 Å². The molecule has 0 saturated heterocycles. The monoisotopic (exact) mass is 385 g/mol. The summed E-state index contributed by atoms with van der Waals surface area (Å²) in [7, 11) is 1.65. The molecule has 0 atom stereocenters. The average Bonchev–Trinajstić information content (AvgIpc) is 3.34. The van der Waals surface area contributed by atoms with Crippen molar-refractivity contribution in [2.24, 2.45) is 0 Å². The highest BCUT2D eigenvalue weighted by molar-refractivity contribution is 7.14. The van der Waals surface area contributed by atoms with Crippen LogP contribution in [0.2, 0.25) is 0 Å². The van der Waals surface area contributed by atoms with Crippen LogP contribution in [0.5, 0.6) is 5.75 Å². The lowest BCUT2D eigenvalue weighted by Gasteiger charge is -2.04. The molecule has 0 saturated carbocycles. The Kier molecular flexibility index (Phi) is 6.68. The molecule has 2 heterocycles. The molecule has 27 heavy (non-hydrogen) atoms. The molecule has 0 aliphatic carbocycles. The van der Waals surface area contributed by atoms with E-state index in [0.717, 1.165) is 38.8 Å². The SMILES string of the molecule is COc1ccc(-c2cc(C(=O)NCCCOCc3ccco3)sc2C)cc1. The molecule has 1 N–H and O–H groups in total. The van der Waals surface area contributed by atoms with Crippen LogP contribution in [-0.4, -0.2) is 26.2 Å². The van der Waals surface area contributed by atoms with Gasteiger partial charge in [0.2, 0.25) is 0 Å². The van der Waals surface area contributed by atoms with Crippen molar-refractivity contribution in [3.05, 3.63) is 64.2 Å². The molecule has 3 rings (SSSR count). The number of thiophene rings is 1. The molecule has 0 bridgehead atoms. The summed E-state index contributed by atoms with van der Waals surface area (Å²) in [5.74, 6) is 1.58. The Bertz CT molecular complexity index is 853. The minimum Gasteiger partial charge on any atom is -0.497 e. The maximum absolute atomic E-state index is 12.4.